The molecule has 0 amide bonds. The molecule has 0 saturated carbocycles. The van der Waals surface area contributed by atoms with Crippen molar-refractivity contribution < 1.29 is 9.53 Å². The van der Waals surface area contributed by atoms with Gasteiger partial charge in [0.25, 0.3) is 0 Å². The van der Waals surface area contributed by atoms with Crippen molar-refractivity contribution in [1.29, 1.82) is 0 Å². The van der Waals surface area contributed by atoms with Gasteiger partial charge in [0.15, 0.2) is 5.78 Å². The Hall–Kier alpha value is -1.31. The van der Waals surface area contributed by atoms with Crippen molar-refractivity contribution in [3.05, 3.63) is 28.3 Å². The third-order valence-corrected chi connectivity index (χ3v) is 3.84. The fourth-order valence-electron chi connectivity index (χ4n) is 2.68. The van der Waals surface area contributed by atoms with Crippen LogP contribution in [-0.4, -0.2) is 12.4 Å². The Labute approximate surface area is 116 Å². The smallest absolute Gasteiger partial charge is 0.168 e. The van der Waals surface area contributed by atoms with Crippen molar-refractivity contribution in [1.82, 2.24) is 0 Å². The van der Waals surface area contributed by atoms with E-state index in [0.717, 1.165) is 48.3 Å². The lowest BCUT2D eigenvalue weighted by molar-refractivity contribution is 0.0857. The molecule has 0 aliphatic carbocycles. The Kier molecular flexibility index (Phi) is 3.71. The molecule has 2 heteroatoms. The summed E-state index contributed by atoms with van der Waals surface area (Å²) < 4.78 is 5.87. The molecule has 0 N–H and O–H groups in total. The zero-order chi connectivity index (χ0) is 14.2. The van der Waals surface area contributed by atoms with Crippen LogP contribution in [0.1, 0.15) is 60.7 Å². The number of ketones is 1. The van der Waals surface area contributed by atoms with Crippen LogP contribution in [0.15, 0.2) is 6.07 Å². The molecule has 1 aromatic rings. The number of benzene rings is 1. The molecule has 0 bridgehead atoms. The average molecular weight is 260 g/mol. The number of rotatable bonds is 1. The number of hydrogen-bond donors (Lipinski definition) is 0. The molecule has 1 aromatic carbocycles. The van der Waals surface area contributed by atoms with E-state index in [2.05, 4.69) is 6.92 Å². The number of ether oxygens (including phenoxy) is 1. The summed E-state index contributed by atoms with van der Waals surface area (Å²) in [6.07, 6.45) is 3.25. The molecule has 0 atom stereocenters. The highest BCUT2D eigenvalue weighted by molar-refractivity contribution is 6.01. The van der Waals surface area contributed by atoms with Gasteiger partial charge >= 0.3 is 0 Å². The zero-order valence-electron chi connectivity index (χ0n) is 12.7. The molecule has 2 rings (SSSR count). The third kappa shape index (κ3) is 2.68. The van der Waals surface area contributed by atoms with Crippen molar-refractivity contribution in [2.24, 2.45) is 5.41 Å². The van der Waals surface area contributed by atoms with Crippen molar-refractivity contribution in [3.8, 4) is 5.75 Å². The molecule has 0 saturated heterocycles. The average Bonchev–Trinajstić information content (AvgIpc) is 2.57. The summed E-state index contributed by atoms with van der Waals surface area (Å²) in [6, 6.07) is 2.01. The highest BCUT2D eigenvalue weighted by Crippen LogP contribution is 2.35. The molecule has 0 radical (unpaired) electrons. The van der Waals surface area contributed by atoms with Gasteiger partial charge in [-0.2, -0.15) is 0 Å². The van der Waals surface area contributed by atoms with E-state index in [0.29, 0.717) is 0 Å². The van der Waals surface area contributed by atoms with Crippen LogP contribution in [0.4, 0.5) is 0 Å². The largest absolute Gasteiger partial charge is 0.493 e. The topological polar surface area (TPSA) is 26.3 Å². The molecule has 0 spiro atoms. The molecule has 1 aliphatic heterocycles. The van der Waals surface area contributed by atoms with Gasteiger partial charge in [-0.25, -0.2) is 0 Å². The molecule has 1 aliphatic rings. The second-order valence-electron chi connectivity index (χ2n) is 6.56. The molecule has 0 fully saturated rings. The SMILES string of the molecule is Cc1cc(C(=O)C(C)(C)C)c(C)c2c1OCCCC2. The second-order valence-corrected chi connectivity index (χ2v) is 6.56. The van der Waals surface area contributed by atoms with Crippen LogP contribution in [0.2, 0.25) is 0 Å². The van der Waals surface area contributed by atoms with Gasteiger partial charge in [0.05, 0.1) is 6.61 Å². The van der Waals surface area contributed by atoms with Gasteiger partial charge in [-0.3, -0.25) is 4.79 Å². The van der Waals surface area contributed by atoms with Gasteiger partial charge in [-0.05, 0) is 55.9 Å². The van der Waals surface area contributed by atoms with Crippen LogP contribution in [0.5, 0.6) is 5.75 Å². The second kappa shape index (κ2) is 4.99. The normalized spacial score (nSPS) is 15.4. The van der Waals surface area contributed by atoms with Crippen molar-refractivity contribution >= 4 is 5.78 Å². The molecule has 2 nitrogen and oxygen atoms in total. The minimum absolute atomic E-state index is 0.222. The summed E-state index contributed by atoms with van der Waals surface area (Å²) in [5, 5.41) is 0. The van der Waals surface area contributed by atoms with Gasteiger partial charge in [-0.15, -0.1) is 0 Å². The van der Waals surface area contributed by atoms with E-state index >= 15 is 0 Å². The summed E-state index contributed by atoms with van der Waals surface area (Å²) in [5.41, 5.74) is 3.98. The first kappa shape index (κ1) is 14.1. The molecular formula is C17H24O2. The Morgan fingerprint density at radius 1 is 1.21 bits per heavy atom. The van der Waals surface area contributed by atoms with E-state index in [-0.39, 0.29) is 11.2 Å². The highest BCUT2D eigenvalue weighted by Gasteiger charge is 2.27. The maximum atomic E-state index is 12.6. The number of hydrogen-bond acceptors (Lipinski definition) is 2. The Bertz CT molecular complexity index is 507. The fraction of sp³-hybridized carbons (Fsp3) is 0.588. The number of carbonyl (C=O) groups excluding carboxylic acids is 1. The van der Waals surface area contributed by atoms with E-state index < -0.39 is 0 Å². The van der Waals surface area contributed by atoms with Crippen molar-refractivity contribution in [2.45, 2.75) is 53.9 Å². The fourth-order valence-corrected chi connectivity index (χ4v) is 2.68. The number of carbonyl (C=O) groups is 1. The van der Waals surface area contributed by atoms with E-state index in [4.69, 9.17) is 4.74 Å². The molecule has 104 valence electrons. The van der Waals surface area contributed by atoms with Crippen molar-refractivity contribution in [2.75, 3.05) is 6.61 Å². The predicted octanol–water partition coefficient (Wildman–Crippen LogP) is 4.25. The lowest BCUT2D eigenvalue weighted by atomic mass is 9.82. The monoisotopic (exact) mass is 260 g/mol. The van der Waals surface area contributed by atoms with E-state index in [9.17, 15) is 4.79 Å². The number of Topliss-reactive ketones (excluding diaryl/α,β-unsaturated/α-hetero) is 1. The first-order valence-electron chi connectivity index (χ1n) is 7.13. The Morgan fingerprint density at radius 3 is 2.53 bits per heavy atom. The van der Waals surface area contributed by atoms with Gasteiger partial charge in [0.2, 0.25) is 0 Å². The minimum Gasteiger partial charge on any atom is -0.493 e. The quantitative estimate of drug-likeness (QED) is 0.706. The van der Waals surface area contributed by atoms with Crippen LogP contribution in [0.25, 0.3) is 0 Å². The molecule has 0 aromatic heterocycles. The maximum Gasteiger partial charge on any atom is 0.168 e. The maximum absolute atomic E-state index is 12.6. The number of aryl methyl sites for hydroxylation is 1. The van der Waals surface area contributed by atoms with Crippen molar-refractivity contribution in [3.63, 3.8) is 0 Å². The van der Waals surface area contributed by atoms with E-state index in [1.54, 1.807) is 0 Å². The van der Waals surface area contributed by atoms with E-state index in [1.165, 1.54) is 5.56 Å². The summed E-state index contributed by atoms with van der Waals surface area (Å²) >= 11 is 0. The van der Waals surface area contributed by atoms with Gasteiger partial charge < -0.3 is 4.74 Å². The van der Waals surface area contributed by atoms with Crippen LogP contribution in [0.3, 0.4) is 0 Å². The third-order valence-electron chi connectivity index (χ3n) is 3.84. The molecule has 0 unspecified atom stereocenters. The highest BCUT2D eigenvalue weighted by atomic mass is 16.5. The standard InChI is InChI=1S/C17H24O2/c1-11-10-14(16(18)17(3,4)5)12(2)13-8-6-7-9-19-15(11)13/h10H,6-9H2,1-5H3. The summed E-state index contributed by atoms with van der Waals surface area (Å²) in [4.78, 5) is 12.6. The first-order valence-corrected chi connectivity index (χ1v) is 7.13. The Balaban J connectivity index is 2.57. The molecule has 1 heterocycles. The van der Waals surface area contributed by atoms with Gasteiger partial charge in [0, 0.05) is 11.0 Å². The van der Waals surface area contributed by atoms with Crippen LogP contribution in [0, 0.1) is 19.3 Å². The lowest BCUT2D eigenvalue weighted by Gasteiger charge is -2.22. The van der Waals surface area contributed by atoms with Crippen LogP contribution in [-0.2, 0) is 6.42 Å². The number of fused-ring (bicyclic) bond motifs is 1. The minimum atomic E-state index is -0.336. The lowest BCUT2D eigenvalue weighted by Crippen LogP contribution is -2.22. The van der Waals surface area contributed by atoms with Crippen LogP contribution >= 0.6 is 0 Å². The summed E-state index contributed by atoms with van der Waals surface area (Å²) in [7, 11) is 0. The zero-order valence-corrected chi connectivity index (χ0v) is 12.7. The van der Waals surface area contributed by atoms with Gasteiger partial charge in [-0.1, -0.05) is 20.8 Å². The summed E-state index contributed by atoms with van der Waals surface area (Å²) in [6.45, 7) is 10.8. The molecular weight excluding hydrogens is 236 g/mol. The summed E-state index contributed by atoms with van der Waals surface area (Å²) in [5.74, 6) is 1.24. The van der Waals surface area contributed by atoms with Gasteiger partial charge in [0.1, 0.15) is 5.75 Å². The molecule has 19 heavy (non-hydrogen) atoms. The predicted molar refractivity (Wildman–Crippen MR) is 78.1 cm³/mol. The van der Waals surface area contributed by atoms with E-state index in [1.807, 2.05) is 33.8 Å². The Morgan fingerprint density at radius 2 is 1.89 bits per heavy atom. The van der Waals surface area contributed by atoms with Crippen LogP contribution < -0.4 is 4.74 Å². The first-order chi connectivity index (χ1) is 8.82.